The van der Waals surface area contributed by atoms with Crippen molar-refractivity contribution in [2.24, 2.45) is 7.05 Å². The van der Waals surface area contributed by atoms with Crippen molar-refractivity contribution in [3.8, 4) is 5.69 Å². The number of aromatic nitrogens is 3. The number of rotatable bonds is 3. The highest BCUT2D eigenvalue weighted by Gasteiger charge is 2.24. The Morgan fingerprint density at radius 1 is 1.38 bits per heavy atom. The summed E-state index contributed by atoms with van der Waals surface area (Å²) in [4.78, 5) is 16.7. The third-order valence-electron chi connectivity index (χ3n) is 3.29. The zero-order valence-electron chi connectivity index (χ0n) is 14.5. The first-order valence-electron chi connectivity index (χ1n) is 7.20. The van der Waals surface area contributed by atoms with E-state index < -0.39 is 10.4 Å². The van der Waals surface area contributed by atoms with Crippen LogP contribution in [0.1, 0.15) is 5.56 Å². The lowest BCUT2D eigenvalue weighted by Gasteiger charge is -2.00. The lowest BCUT2D eigenvalue weighted by molar-refractivity contribution is -0.603. The summed E-state index contributed by atoms with van der Waals surface area (Å²) in [5, 5.41) is 0. The fourth-order valence-corrected chi connectivity index (χ4v) is 3.99. The number of nitrogens with zero attached hydrogens (tertiary/aromatic N) is 3. The molecule has 0 amide bonds. The van der Waals surface area contributed by atoms with Gasteiger partial charge in [-0.3, -0.25) is 13.5 Å². The van der Waals surface area contributed by atoms with Gasteiger partial charge in [-0.1, -0.05) is 35.2 Å². The molecule has 0 aliphatic heterocycles. The summed E-state index contributed by atoms with van der Waals surface area (Å²) in [6.45, 7) is 2.06. The number of thioether (sulfide) groups is 1. The van der Waals surface area contributed by atoms with Gasteiger partial charge in [0.25, 0.3) is 5.56 Å². The Morgan fingerprint density at radius 2 is 2.04 bits per heavy atom. The van der Waals surface area contributed by atoms with E-state index in [1.165, 1.54) is 21.5 Å². The van der Waals surface area contributed by atoms with E-state index in [1.807, 2.05) is 18.4 Å². The van der Waals surface area contributed by atoms with E-state index in [9.17, 15) is 17.8 Å². The molecule has 0 bridgehead atoms. The average molecular weight is 416 g/mol. The molecule has 1 aromatic carbocycles. The van der Waals surface area contributed by atoms with E-state index >= 15 is 0 Å². The maximum Gasteiger partial charge on any atom is 0.354 e. The van der Waals surface area contributed by atoms with Crippen molar-refractivity contribution in [3.05, 3.63) is 46.5 Å². The van der Waals surface area contributed by atoms with Crippen LogP contribution in [0, 0.1) is 6.92 Å². The van der Waals surface area contributed by atoms with E-state index in [0.717, 1.165) is 22.8 Å². The monoisotopic (exact) mass is 415 g/mol. The topological polar surface area (TPSA) is 105 Å². The van der Waals surface area contributed by atoms with Gasteiger partial charge in [-0.2, -0.15) is 4.57 Å². The van der Waals surface area contributed by atoms with Gasteiger partial charge in [-0.15, -0.1) is 0 Å². The van der Waals surface area contributed by atoms with Crippen LogP contribution in [0.5, 0.6) is 0 Å². The zero-order valence-corrected chi connectivity index (χ0v) is 16.9. The highest BCUT2D eigenvalue weighted by atomic mass is 32.3. The Bertz CT molecular complexity index is 1090. The number of benzene rings is 1. The van der Waals surface area contributed by atoms with Crippen LogP contribution in [0.25, 0.3) is 16.0 Å². The van der Waals surface area contributed by atoms with Gasteiger partial charge in [0.05, 0.1) is 7.11 Å². The highest BCUT2D eigenvalue weighted by molar-refractivity contribution is 8.00. The summed E-state index contributed by atoms with van der Waals surface area (Å²) in [5.41, 5.74) is 2.96. The van der Waals surface area contributed by atoms with Gasteiger partial charge < -0.3 is 4.55 Å². The summed E-state index contributed by atoms with van der Waals surface area (Å²) < 4.78 is 36.3. The Labute approximate surface area is 159 Å². The molecular formula is C15H17N3O5S3. The Hall–Kier alpha value is -1.79. The Morgan fingerprint density at radius 3 is 2.58 bits per heavy atom. The van der Waals surface area contributed by atoms with Gasteiger partial charge >= 0.3 is 5.65 Å². The summed E-state index contributed by atoms with van der Waals surface area (Å²) in [6, 6.07) is 8.22. The maximum absolute atomic E-state index is 12.2. The minimum absolute atomic E-state index is 0.00158. The molecule has 2 heterocycles. The van der Waals surface area contributed by atoms with Gasteiger partial charge in [0.2, 0.25) is 21.1 Å². The number of thiazole rings is 1. The van der Waals surface area contributed by atoms with Crippen LogP contribution in [-0.2, 0) is 21.6 Å². The molecule has 0 aliphatic carbocycles. The van der Waals surface area contributed by atoms with Crippen molar-refractivity contribution >= 4 is 43.8 Å². The highest BCUT2D eigenvalue weighted by Crippen LogP contribution is 2.25. The molecule has 26 heavy (non-hydrogen) atoms. The largest absolute Gasteiger partial charge is 0.726 e. The minimum atomic E-state index is -4.41. The van der Waals surface area contributed by atoms with Crippen LogP contribution in [0.2, 0.25) is 0 Å². The van der Waals surface area contributed by atoms with Crippen LogP contribution in [0.15, 0.2) is 39.7 Å². The second kappa shape index (κ2) is 8.27. The van der Waals surface area contributed by atoms with Crippen molar-refractivity contribution in [2.45, 2.75) is 11.3 Å². The lowest BCUT2D eigenvalue weighted by Crippen LogP contribution is -2.33. The second-order valence-electron chi connectivity index (χ2n) is 5.13. The van der Waals surface area contributed by atoms with Crippen LogP contribution in [0.3, 0.4) is 0 Å². The summed E-state index contributed by atoms with van der Waals surface area (Å²) in [6.07, 6.45) is 3.59. The van der Waals surface area contributed by atoms with Crippen LogP contribution < -0.4 is 10.1 Å². The van der Waals surface area contributed by atoms with Crippen molar-refractivity contribution in [3.63, 3.8) is 0 Å². The number of hydrogen-bond acceptors (Lipinski definition) is 8. The molecule has 0 atom stereocenters. The molecule has 0 fully saturated rings. The fourth-order valence-electron chi connectivity index (χ4n) is 2.10. The van der Waals surface area contributed by atoms with E-state index in [1.54, 1.807) is 25.1 Å². The molecule has 0 saturated heterocycles. The molecule has 2 aromatic heterocycles. The number of fused-ring (bicyclic) bond motifs is 1. The molecular weight excluding hydrogens is 398 g/mol. The van der Waals surface area contributed by atoms with Gasteiger partial charge in [0.1, 0.15) is 5.69 Å². The predicted octanol–water partition coefficient (Wildman–Crippen LogP) is 1.40. The molecule has 140 valence electrons. The van der Waals surface area contributed by atoms with Crippen molar-refractivity contribution < 1.29 is 21.7 Å². The molecule has 0 radical (unpaired) electrons. The molecule has 8 nitrogen and oxygen atoms in total. The van der Waals surface area contributed by atoms with Crippen LogP contribution >= 0.6 is 23.1 Å². The molecule has 3 aromatic rings. The first-order chi connectivity index (χ1) is 12.2. The predicted molar refractivity (Wildman–Crippen MR) is 99.6 cm³/mol. The number of aryl methyl sites for hydroxylation is 2. The smallest absolute Gasteiger partial charge is 0.354 e. The van der Waals surface area contributed by atoms with E-state index in [2.05, 4.69) is 32.8 Å². The van der Waals surface area contributed by atoms with E-state index in [4.69, 9.17) is 0 Å². The van der Waals surface area contributed by atoms with Crippen LogP contribution in [0.4, 0.5) is 0 Å². The van der Waals surface area contributed by atoms with Crippen molar-refractivity contribution in [1.29, 1.82) is 0 Å². The average Bonchev–Trinajstić information content (AvgIpc) is 2.97. The Kier molecular flexibility index (Phi) is 6.53. The molecule has 0 N–H and O–H groups in total. The molecule has 3 rings (SSSR count). The van der Waals surface area contributed by atoms with Gasteiger partial charge in [-0.25, -0.2) is 8.42 Å². The summed E-state index contributed by atoms with van der Waals surface area (Å²) in [7, 11) is -1.88. The molecule has 0 saturated carbocycles. The normalized spacial score (nSPS) is 11.3. The standard InChI is InChI=1S/C14H14N3OS2.CH4O4S/c1-9-5-4-6-10(7-9)17-12-11(20-14(17)19-3)13(18)16(2)8-15-12;1-5-6(2,3)4/h4-8H,1-3H3;1H3,(H,2,3,4)/q+1;/p-1. The van der Waals surface area contributed by atoms with Gasteiger partial charge in [-0.05, 0) is 35.9 Å². The molecule has 0 unspecified atom stereocenters. The first kappa shape index (κ1) is 20.5. The second-order valence-corrected chi connectivity index (χ2v) is 8.34. The first-order valence-corrected chi connectivity index (χ1v) is 10.6. The van der Waals surface area contributed by atoms with E-state index in [0.29, 0.717) is 4.70 Å². The third-order valence-corrected chi connectivity index (χ3v) is 5.90. The molecule has 11 heteroatoms. The SMILES string of the molecule is COS(=O)(=O)[O-].CSc1sc2c(=O)n(C)cnc2[n+]1-c1cccc(C)c1. The minimum Gasteiger partial charge on any atom is -0.726 e. The lowest BCUT2D eigenvalue weighted by atomic mass is 10.2. The van der Waals surface area contributed by atoms with Gasteiger partial charge in [0, 0.05) is 7.05 Å². The van der Waals surface area contributed by atoms with Gasteiger partial charge in [0.15, 0.2) is 4.70 Å². The van der Waals surface area contributed by atoms with Crippen molar-refractivity contribution in [1.82, 2.24) is 9.55 Å². The Balaban J connectivity index is 0.000000352. The zero-order chi connectivity index (χ0) is 19.5. The van der Waals surface area contributed by atoms with Crippen LogP contribution in [-0.4, -0.2) is 35.9 Å². The van der Waals surface area contributed by atoms with Crippen molar-refractivity contribution in [2.75, 3.05) is 13.4 Å². The molecule has 0 aliphatic rings. The summed E-state index contributed by atoms with van der Waals surface area (Å²) in [5.74, 6) is 0. The maximum atomic E-state index is 12.2. The quantitative estimate of drug-likeness (QED) is 0.275. The summed E-state index contributed by atoms with van der Waals surface area (Å²) >= 11 is 3.13. The molecule has 0 spiro atoms. The fraction of sp³-hybridized carbons (Fsp3) is 0.267. The third kappa shape index (κ3) is 4.68. The van der Waals surface area contributed by atoms with E-state index in [-0.39, 0.29) is 5.56 Å². The number of hydrogen-bond donors (Lipinski definition) is 0.